The first-order valence-corrected chi connectivity index (χ1v) is 9.24. The lowest BCUT2D eigenvalue weighted by Gasteiger charge is -2.21. The van der Waals surface area contributed by atoms with Crippen LogP contribution in [-0.4, -0.2) is 57.2 Å². The second-order valence-corrected chi connectivity index (χ2v) is 6.80. The van der Waals surface area contributed by atoms with E-state index in [1.165, 1.54) is 12.7 Å². The minimum absolute atomic E-state index is 0.0924. The number of guanidine groups is 1. The highest BCUT2D eigenvalue weighted by molar-refractivity contribution is 5.82. The predicted octanol–water partition coefficient (Wildman–Crippen LogP) is 2.25. The molecule has 1 aromatic rings. The Hall–Kier alpha value is -2.24. The number of nitrogens with zero attached hydrogens (tertiary/aromatic N) is 2. The van der Waals surface area contributed by atoms with Gasteiger partial charge >= 0.3 is 5.97 Å². The Bertz CT molecular complexity index is 645. The van der Waals surface area contributed by atoms with Gasteiger partial charge in [-0.3, -0.25) is 9.79 Å². The van der Waals surface area contributed by atoms with Gasteiger partial charge in [-0.1, -0.05) is 19.1 Å². The van der Waals surface area contributed by atoms with E-state index in [4.69, 9.17) is 14.5 Å². The van der Waals surface area contributed by atoms with Crippen molar-refractivity contribution in [1.29, 1.82) is 0 Å². The molecule has 1 fully saturated rings. The van der Waals surface area contributed by atoms with Crippen molar-refractivity contribution in [3.8, 4) is 5.75 Å². The number of aryl methyl sites for hydroxylation is 1. The lowest BCUT2D eigenvalue weighted by atomic mass is 9.99. The Morgan fingerprint density at radius 1 is 1.35 bits per heavy atom. The maximum Gasteiger partial charge on any atom is 0.310 e. The summed E-state index contributed by atoms with van der Waals surface area (Å²) in [5, 5.41) is 3.34. The number of carbonyl (C=O) groups is 1. The molecule has 1 aromatic carbocycles. The molecule has 2 atom stereocenters. The number of hydrogen-bond acceptors (Lipinski definition) is 4. The van der Waals surface area contributed by atoms with E-state index in [1.807, 2.05) is 6.92 Å². The summed E-state index contributed by atoms with van der Waals surface area (Å²) in [6, 6.07) is 6.26. The molecule has 6 heteroatoms. The van der Waals surface area contributed by atoms with Crippen molar-refractivity contribution < 1.29 is 14.3 Å². The molecule has 0 amide bonds. The van der Waals surface area contributed by atoms with E-state index in [1.54, 1.807) is 7.11 Å². The molecule has 1 aliphatic heterocycles. The Morgan fingerprint density at radius 3 is 2.77 bits per heavy atom. The van der Waals surface area contributed by atoms with Crippen molar-refractivity contribution in [2.45, 2.75) is 27.2 Å². The van der Waals surface area contributed by atoms with E-state index in [0.717, 1.165) is 36.8 Å². The normalized spacial score (nSPS) is 20.2. The molecule has 26 heavy (non-hydrogen) atoms. The molecule has 144 valence electrons. The molecule has 6 nitrogen and oxygen atoms in total. The molecule has 1 heterocycles. The van der Waals surface area contributed by atoms with E-state index in [9.17, 15) is 4.79 Å². The van der Waals surface area contributed by atoms with Crippen molar-refractivity contribution >= 4 is 11.9 Å². The third-order valence-corrected chi connectivity index (χ3v) is 4.89. The molecule has 1 aliphatic rings. The van der Waals surface area contributed by atoms with Crippen molar-refractivity contribution in [1.82, 2.24) is 10.2 Å². The van der Waals surface area contributed by atoms with Crippen molar-refractivity contribution in [2.75, 3.05) is 40.4 Å². The number of hydrogen-bond donors (Lipinski definition) is 1. The van der Waals surface area contributed by atoms with Crippen LogP contribution in [0.4, 0.5) is 0 Å². The number of rotatable bonds is 6. The SMILES string of the molecule is CCNC(=NCCc1ccc(C)c(OC)c1)N1CC(C)C(C(=O)OC)C1. The van der Waals surface area contributed by atoms with Crippen molar-refractivity contribution in [3.63, 3.8) is 0 Å². The van der Waals surface area contributed by atoms with Gasteiger partial charge in [0.1, 0.15) is 5.75 Å². The summed E-state index contributed by atoms with van der Waals surface area (Å²) >= 11 is 0. The molecule has 2 rings (SSSR count). The van der Waals surface area contributed by atoms with Crippen LogP contribution in [0, 0.1) is 18.8 Å². The Labute approximate surface area is 156 Å². The van der Waals surface area contributed by atoms with Crippen LogP contribution >= 0.6 is 0 Å². The standard InChI is InChI=1S/C20H31N3O3/c1-6-21-20(23-12-15(3)17(13-23)19(24)26-5)22-10-9-16-8-7-14(2)18(11-16)25-4/h7-8,11,15,17H,6,9-10,12-13H2,1-5H3,(H,21,22). The highest BCUT2D eigenvalue weighted by atomic mass is 16.5. The number of nitrogens with one attached hydrogen (secondary N) is 1. The zero-order valence-electron chi connectivity index (χ0n) is 16.5. The average Bonchev–Trinajstić information content (AvgIpc) is 3.03. The zero-order valence-corrected chi connectivity index (χ0v) is 16.5. The second kappa shape index (κ2) is 9.46. The number of benzene rings is 1. The molecule has 0 aromatic heterocycles. The molecule has 0 aliphatic carbocycles. The van der Waals surface area contributed by atoms with Crippen LogP contribution < -0.4 is 10.1 Å². The molecule has 1 N–H and O–H groups in total. The van der Waals surface area contributed by atoms with Gasteiger partial charge in [-0.05, 0) is 43.4 Å². The molecule has 1 saturated heterocycles. The van der Waals surface area contributed by atoms with Gasteiger partial charge in [0.25, 0.3) is 0 Å². The first-order chi connectivity index (χ1) is 12.5. The van der Waals surface area contributed by atoms with Gasteiger partial charge in [-0.15, -0.1) is 0 Å². The minimum atomic E-state index is -0.136. The van der Waals surface area contributed by atoms with Gasteiger partial charge in [0, 0.05) is 26.2 Å². The second-order valence-electron chi connectivity index (χ2n) is 6.80. The summed E-state index contributed by atoms with van der Waals surface area (Å²) in [7, 11) is 3.15. The fourth-order valence-corrected chi connectivity index (χ4v) is 3.33. The molecular formula is C20H31N3O3. The summed E-state index contributed by atoms with van der Waals surface area (Å²) in [5.41, 5.74) is 2.34. The molecule has 2 unspecified atom stereocenters. The summed E-state index contributed by atoms with van der Waals surface area (Å²) in [4.78, 5) is 18.8. The van der Waals surface area contributed by atoms with Crippen LogP contribution in [-0.2, 0) is 16.0 Å². The molecule has 0 saturated carbocycles. The molecule has 0 radical (unpaired) electrons. The van der Waals surface area contributed by atoms with E-state index in [2.05, 4.69) is 42.3 Å². The predicted molar refractivity (Wildman–Crippen MR) is 104 cm³/mol. The van der Waals surface area contributed by atoms with Crippen LogP contribution in [0.3, 0.4) is 0 Å². The van der Waals surface area contributed by atoms with Gasteiger partial charge in [0.15, 0.2) is 5.96 Å². The van der Waals surface area contributed by atoms with Gasteiger partial charge < -0.3 is 19.7 Å². The fraction of sp³-hybridized carbons (Fsp3) is 0.600. The maximum absolute atomic E-state index is 11.9. The summed E-state index contributed by atoms with van der Waals surface area (Å²) in [6.45, 7) is 9.12. The smallest absolute Gasteiger partial charge is 0.310 e. The average molecular weight is 361 g/mol. The van der Waals surface area contributed by atoms with Gasteiger partial charge in [0.05, 0.1) is 20.1 Å². The highest BCUT2D eigenvalue weighted by Gasteiger charge is 2.36. The first-order valence-electron chi connectivity index (χ1n) is 9.24. The van der Waals surface area contributed by atoms with Crippen LogP contribution in [0.15, 0.2) is 23.2 Å². The molecular weight excluding hydrogens is 330 g/mol. The first kappa shape index (κ1) is 20.1. The number of carbonyl (C=O) groups excluding carboxylic acids is 1. The third kappa shape index (κ3) is 4.90. The summed E-state index contributed by atoms with van der Waals surface area (Å²) < 4.78 is 10.3. The van der Waals surface area contributed by atoms with Crippen molar-refractivity contribution in [2.24, 2.45) is 16.8 Å². The summed E-state index contributed by atoms with van der Waals surface area (Å²) in [5.74, 6) is 1.80. The number of methoxy groups -OCH3 is 2. The van der Waals surface area contributed by atoms with E-state index >= 15 is 0 Å². The largest absolute Gasteiger partial charge is 0.496 e. The van der Waals surface area contributed by atoms with Crippen molar-refractivity contribution in [3.05, 3.63) is 29.3 Å². The monoisotopic (exact) mass is 361 g/mol. The third-order valence-electron chi connectivity index (χ3n) is 4.89. The molecule has 0 bridgehead atoms. The number of aliphatic imine (C=N–C) groups is 1. The topological polar surface area (TPSA) is 63.2 Å². The van der Waals surface area contributed by atoms with Crippen LogP contribution in [0.25, 0.3) is 0 Å². The number of likely N-dealkylation sites (tertiary alicyclic amines) is 1. The fourth-order valence-electron chi connectivity index (χ4n) is 3.33. The lowest BCUT2D eigenvalue weighted by molar-refractivity contribution is -0.145. The molecule has 0 spiro atoms. The van der Waals surface area contributed by atoms with Crippen LogP contribution in [0.1, 0.15) is 25.0 Å². The van der Waals surface area contributed by atoms with Gasteiger partial charge in [-0.25, -0.2) is 0 Å². The Morgan fingerprint density at radius 2 is 2.12 bits per heavy atom. The number of ether oxygens (including phenoxy) is 2. The number of esters is 1. The lowest BCUT2D eigenvalue weighted by Crippen LogP contribution is -2.40. The van der Waals surface area contributed by atoms with Gasteiger partial charge in [0.2, 0.25) is 0 Å². The van der Waals surface area contributed by atoms with Gasteiger partial charge in [-0.2, -0.15) is 0 Å². The maximum atomic E-state index is 11.9. The zero-order chi connectivity index (χ0) is 19.1. The minimum Gasteiger partial charge on any atom is -0.496 e. The van der Waals surface area contributed by atoms with Crippen LogP contribution in [0.5, 0.6) is 5.75 Å². The van der Waals surface area contributed by atoms with Crippen LogP contribution in [0.2, 0.25) is 0 Å². The Balaban J connectivity index is 2.02. The Kier molecular flexibility index (Phi) is 7.30. The van der Waals surface area contributed by atoms with E-state index < -0.39 is 0 Å². The van der Waals surface area contributed by atoms with E-state index in [-0.39, 0.29) is 17.8 Å². The van der Waals surface area contributed by atoms with E-state index in [0.29, 0.717) is 13.1 Å². The summed E-state index contributed by atoms with van der Waals surface area (Å²) in [6.07, 6.45) is 0.843. The quantitative estimate of drug-likeness (QED) is 0.478. The highest BCUT2D eigenvalue weighted by Crippen LogP contribution is 2.24.